The summed E-state index contributed by atoms with van der Waals surface area (Å²) in [5.41, 5.74) is 1.58. The van der Waals surface area contributed by atoms with E-state index >= 15 is 0 Å². The third-order valence-electron chi connectivity index (χ3n) is 4.87. The Kier molecular flexibility index (Phi) is 4.02. The van der Waals surface area contributed by atoms with Crippen LogP contribution in [0.15, 0.2) is 6.20 Å². The lowest BCUT2D eigenvalue weighted by molar-refractivity contribution is -0.0753. The van der Waals surface area contributed by atoms with E-state index in [9.17, 15) is 4.79 Å². The van der Waals surface area contributed by atoms with Crippen molar-refractivity contribution < 1.29 is 9.53 Å². The number of aromatic nitrogens is 2. The molecule has 5 nitrogen and oxygen atoms in total. The largest absolute Gasteiger partial charge is 0.374 e. The fourth-order valence-electron chi connectivity index (χ4n) is 3.80. The topological polar surface area (TPSA) is 47.4 Å². The molecule has 0 aromatic carbocycles. The standard InChI is InChI=1S/C17H27N3O2/c1-12-13(11-18-20(12)17(2,3)4)16(21)19-9-10-22-15-8-6-5-7-14(15)19/h11,14-15H,5-10H2,1-4H3/t14-,15-/m0/s1. The molecule has 0 unspecified atom stereocenters. The van der Waals surface area contributed by atoms with Crippen LogP contribution in [0.5, 0.6) is 0 Å². The number of ether oxygens (including phenoxy) is 1. The Bertz CT molecular complexity index is 557. The van der Waals surface area contributed by atoms with Crippen LogP contribution in [0.1, 0.15) is 62.5 Å². The van der Waals surface area contributed by atoms with Gasteiger partial charge >= 0.3 is 0 Å². The van der Waals surface area contributed by atoms with Crippen molar-refractivity contribution in [3.05, 3.63) is 17.5 Å². The molecule has 1 saturated carbocycles. The Hall–Kier alpha value is -1.36. The first-order valence-electron chi connectivity index (χ1n) is 8.37. The first-order valence-corrected chi connectivity index (χ1v) is 8.37. The van der Waals surface area contributed by atoms with Crippen LogP contribution in [-0.4, -0.2) is 45.9 Å². The molecule has 5 heteroatoms. The molecule has 2 atom stereocenters. The minimum atomic E-state index is -0.110. The summed E-state index contributed by atoms with van der Waals surface area (Å²) < 4.78 is 7.82. The van der Waals surface area contributed by atoms with E-state index in [0.717, 1.165) is 24.1 Å². The van der Waals surface area contributed by atoms with Gasteiger partial charge < -0.3 is 9.64 Å². The van der Waals surface area contributed by atoms with E-state index in [2.05, 4.69) is 25.9 Å². The quantitative estimate of drug-likeness (QED) is 0.801. The van der Waals surface area contributed by atoms with E-state index < -0.39 is 0 Å². The van der Waals surface area contributed by atoms with Crippen molar-refractivity contribution in [2.24, 2.45) is 0 Å². The number of carbonyl (C=O) groups is 1. The van der Waals surface area contributed by atoms with Gasteiger partial charge in [0.05, 0.1) is 36.1 Å². The fraction of sp³-hybridized carbons (Fsp3) is 0.765. The number of nitrogens with zero attached hydrogens (tertiary/aromatic N) is 3. The second kappa shape index (κ2) is 5.69. The van der Waals surface area contributed by atoms with Crippen LogP contribution in [0.2, 0.25) is 0 Å². The molecule has 1 aliphatic carbocycles. The van der Waals surface area contributed by atoms with Gasteiger partial charge in [-0.25, -0.2) is 0 Å². The smallest absolute Gasteiger partial charge is 0.257 e. The summed E-state index contributed by atoms with van der Waals surface area (Å²) in [4.78, 5) is 15.1. The SMILES string of the molecule is Cc1c(C(=O)N2CCO[C@H]3CCCC[C@@H]32)cnn1C(C)(C)C. The van der Waals surface area contributed by atoms with Gasteiger partial charge in [0.15, 0.2) is 0 Å². The van der Waals surface area contributed by atoms with Gasteiger partial charge in [-0.15, -0.1) is 0 Å². The monoisotopic (exact) mass is 305 g/mol. The number of fused-ring (bicyclic) bond motifs is 1. The second-order valence-corrected chi connectivity index (χ2v) is 7.49. The fourth-order valence-corrected chi connectivity index (χ4v) is 3.80. The average molecular weight is 305 g/mol. The molecule has 3 rings (SSSR count). The molecule has 1 amide bonds. The minimum absolute atomic E-state index is 0.110. The Morgan fingerprint density at radius 3 is 2.73 bits per heavy atom. The minimum Gasteiger partial charge on any atom is -0.374 e. The van der Waals surface area contributed by atoms with Crippen molar-refractivity contribution >= 4 is 5.91 Å². The maximum Gasteiger partial charge on any atom is 0.257 e. The molecule has 2 heterocycles. The first-order chi connectivity index (χ1) is 10.4. The lowest BCUT2D eigenvalue weighted by atomic mass is 9.89. The summed E-state index contributed by atoms with van der Waals surface area (Å²) in [7, 11) is 0. The molecular formula is C17H27N3O2. The predicted octanol–water partition coefficient (Wildman–Crippen LogP) is 2.73. The van der Waals surface area contributed by atoms with Gasteiger partial charge in [-0.1, -0.05) is 12.8 Å². The molecule has 1 aromatic heterocycles. The van der Waals surface area contributed by atoms with Gasteiger partial charge in [0.1, 0.15) is 0 Å². The number of hydrogen-bond acceptors (Lipinski definition) is 3. The van der Waals surface area contributed by atoms with E-state index in [1.165, 1.54) is 12.8 Å². The van der Waals surface area contributed by atoms with Crippen molar-refractivity contribution in [2.75, 3.05) is 13.2 Å². The van der Waals surface area contributed by atoms with Crippen LogP contribution in [0, 0.1) is 6.92 Å². The highest BCUT2D eigenvalue weighted by Gasteiger charge is 2.38. The molecule has 0 bridgehead atoms. The normalized spacial score (nSPS) is 25.9. The van der Waals surface area contributed by atoms with Crippen molar-refractivity contribution in [3.63, 3.8) is 0 Å². The molecular weight excluding hydrogens is 278 g/mol. The van der Waals surface area contributed by atoms with Crippen LogP contribution in [0.4, 0.5) is 0 Å². The third-order valence-corrected chi connectivity index (χ3v) is 4.87. The average Bonchev–Trinajstić information content (AvgIpc) is 2.87. The van der Waals surface area contributed by atoms with Gasteiger partial charge in [-0.2, -0.15) is 5.10 Å². The van der Waals surface area contributed by atoms with Gasteiger partial charge in [0.25, 0.3) is 5.91 Å². The summed E-state index contributed by atoms with van der Waals surface area (Å²) in [6.07, 6.45) is 6.50. The molecule has 22 heavy (non-hydrogen) atoms. The lowest BCUT2D eigenvalue weighted by Gasteiger charge is -2.43. The molecule has 0 spiro atoms. The number of rotatable bonds is 1. The summed E-state index contributed by atoms with van der Waals surface area (Å²) in [5.74, 6) is 0.119. The van der Waals surface area contributed by atoms with Crippen LogP contribution in [-0.2, 0) is 10.3 Å². The van der Waals surface area contributed by atoms with Crippen molar-refractivity contribution in [3.8, 4) is 0 Å². The van der Waals surface area contributed by atoms with Gasteiger partial charge in [-0.3, -0.25) is 9.48 Å². The highest BCUT2D eigenvalue weighted by Crippen LogP contribution is 2.30. The van der Waals surface area contributed by atoms with Crippen molar-refractivity contribution in [1.82, 2.24) is 14.7 Å². The zero-order valence-corrected chi connectivity index (χ0v) is 14.1. The molecule has 1 saturated heterocycles. The Morgan fingerprint density at radius 2 is 2.05 bits per heavy atom. The molecule has 1 aliphatic heterocycles. The summed E-state index contributed by atoms with van der Waals surface area (Å²) in [6.45, 7) is 9.65. The van der Waals surface area contributed by atoms with Gasteiger partial charge in [-0.05, 0) is 40.5 Å². The summed E-state index contributed by atoms with van der Waals surface area (Å²) >= 11 is 0. The predicted molar refractivity (Wildman–Crippen MR) is 85.0 cm³/mol. The number of hydrogen-bond donors (Lipinski definition) is 0. The zero-order chi connectivity index (χ0) is 15.9. The Balaban J connectivity index is 1.86. The molecule has 1 aromatic rings. The maximum absolute atomic E-state index is 13.0. The Morgan fingerprint density at radius 1 is 1.32 bits per heavy atom. The molecule has 0 radical (unpaired) electrons. The molecule has 2 fully saturated rings. The molecule has 0 N–H and O–H groups in total. The molecule has 2 aliphatic rings. The Labute approximate surface area is 132 Å². The highest BCUT2D eigenvalue weighted by molar-refractivity contribution is 5.95. The van der Waals surface area contributed by atoms with Crippen LogP contribution in [0.25, 0.3) is 0 Å². The van der Waals surface area contributed by atoms with E-state index in [0.29, 0.717) is 13.2 Å². The third kappa shape index (κ3) is 2.67. The van der Waals surface area contributed by atoms with E-state index in [1.54, 1.807) is 6.20 Å². The van der Waals surface area contributed by atoms with Gasteiger partial charge in [0.2, 0.25) is 0 Å². The summed E-state index contributed by atoms with van der Waals surface area (Å²) in [5, 5.41) is 4.44. The second-order valence-electron chi connectivity index (χ2n) is 7.49. The first kappa shape index (κ1) is 15.5. The lowest BCUT2D eigenvalue weighted by Crippen LogP contribution is -2.54. The van der Waals surface area contributed by atoms with E-state index in [1.807, 2.05) is 16.5 Å². The number of carbonyl (C=O) groups excluding carboxylic acids is 1. The van der Waals surface area contributed by atoms with Crippen LogP contribution >= 0.6 is 0 Å². The highest BCUT2D eigenvalue weighted by atomic mass is 16.5. The molecule has 122 valence electrons. The van der Waals surface area contributed by atoms with Gasteiger partial charge in [0, 0.05) is 12.2 Å². The number of morpholine rings is 1. The zero-order valence-electron chi connectivity index (χ0n) is 14.1. The van der Waals surface area contributed by atoms with Crippen LogP contribution < -0.4 is 0 Å². The van der Waals surface area contributed by atoms with Crippen molar-refractivity contribution in [1.29, 1.82) is 0 Å². The van der Waals surface area contributed by atoms with E-state index in [-0.39, 0.29) is 23.6 Å². The number of amides is 1. The van der Waals surface area contributed by atoms with E-state index in [4.69, 9.17) is 4.74 Å². The van der Waals surface area contributed by atoms with Crippen LogP contribution in [0.3, 0.4) is 0 Å². The summed E-state index contributed by atoms with van der Waals surface area (Å²) in [6, 6.07) is 0.243. The maximum atomic E-state index is 13.0. The van der Waals surface area contributed by atoms with Crippen molar-refractivity contribution in [2.45, 2.75) is 71.1 Å².